The highest BCUT2D eigenvalue weighted by Crippen LogP contribution is 2.34. The summed E-state index contributed by atoms with van der Waals surface area (Å²) in [6.45, 7) is 3.00. The van der Waals surface area contributed by atoms with Crippen LogP contribution in [-0.2, 0) is 32.5 Å². The van der Waals surface area contributed by atoms with Gasteiger partial charge in [-0.05, 0) is 49.9 Å². The maximum Gasteiger partial charge on any atom is 0.344 e. The number of rotatable bonds is 6. The molecule has 30 heavy (non-hydrogen) atoms. The second-order valence-corrected chi connectivity index (χ2v) is 10.0. The Hall–Kier alpha value is -2.15. The summed E-state index contributed by atoms with van der Waals surface area (Å²) in [5.74, 6) is -0.0509. The number of nitrogens with two attached hydrogens (primary N) is 1. The van der Waals surface area contributed by atoms with E-state index in [1.807, 2.05) is 6.92 Å². The quantitative estimate of drug-likeness (QED) is 0.606. The highest BCUT2D eigenvalue weighted by Gasteiger charge is 2.32. The number of aromatic amines is 1. The molecule has 4 rings (SSSR count). The third-order valence-corrected chi connectivity index (χ3v) is 7.19. The van der Waals surface area contributed by atoms with Gasteiger partial charge in [0, 0.05) is 18.3 Å². The molecule has 1 aromatic heterocycles. The van der Waals surface area contributed by atoms with Gasteiger partial charge in [0.25, 0.3) is 0 Å². The first-order valence-corrected chi connectivity index (χ1v) is 12.1. The number of thioether (sulfide) groups is 1. The van der Waals surface area contributed by atoms with Crippen molar-refractivity contribution in [1.82, 2.24) is 14.8 Å². The number of sulfonamides is 1. The number of H-pyrrole nitrogens is 1. The number of fused-ring (bicyclic) bond motifs is 1. The predicted octanol–water partition coefficient (Wildman–Crippen LogP) is 0.468. The van der Waals surface area contributed by atoms with Gasteiger partial charge in [-0.25, -0.2) is 23.4 Å². The van der Waals surface area contributed by atoms with Gasteiger partial charge in [-0.2, -0.15) is 0 Å². The summed E-state index contributed by atoms with van der Waals surface area (Å²) in [5.41, 5.74) is 1.12. The van der Waals surface area contributed by atoms with E-state index in [1.165, 1.54) is 28.5 Å². The van der Waals surface area contributed by atoms with Crippen LogP contribution in [0.25, 0.3) is 0 Å². The Labute approximate surface area is 177 Å². The highest BCUT2D eigenvalue weighted by atomic mass is 32.2. The summed E-state index contributed by atoms with van der Waals surface area (Å²) in [5, 5.41) is 12.1. The summed E-state index contributed by atoms with van der Waals surface area (Å²) in [4.78, 5) is 26.7. The van der Waals surface area contributed by atoms with Gasteiger partial charge in [0.2, 0.25) is 15.9 Å². The number of hydrogen-bond donors (Lipinski definition) is 2. The molecule has 2 aromatic rings. The third kappa shape index (κ3) is 4.17. The van der Waals surface area contributed by atoms with Crippen molar-refractivity contribution in [2.24, 2.45) is 5.14 Å². The molecule has 3 N–H and O–H groups in total. The SMILES string of the molecule is CC1Cc2cc(S(N)(=O)=O)ccc2N1C(=O)CSc1n[nH]c(=O)n1CC1CCCO1. The molecule has 0 saturated carbocycles. The number of primary sulfonamides is 1. The molecule has 12 heteroatoms. The van der Waals surface area contributed by atoms with Crippen LogP contribution in [-0.4, -0.2) is 53.6 Å². The zero-order valence-electron chi connectivity index (χ0n) is 16.4. The second-order valence-electron chi connectivity index (χ2n) is 7.50. The number of amides is 1. The van der Waals surface area contributed by atoms with Crippen molar-refractivity contribution in [3.63, 3.8) is 0 Å². The first kappa shape index (κ1) is 21.1. The van der Waals surface area contributed by atoms with E-state index in [0.29, 0.717) is 30.4 Å². The standard InChI is InChI=1S/C18H23N5O5S2/c1-11-7-12-8-14(30(19,26)27)4-5-15(12)23(11)16(24)10-29-18-21-20-17(25)22(18)9-13-3-2-6-28-13/h4-5,8,11,13H,2-3,6-7,9-10H2,1H3,(H,20,25)(H2,19,26,27). The second kappa shape index (κ2) is 8.17. The lowest BCUT2D eigenvalue weighted by molar-refractivity contribution is -0.116. The Bertz CT molecular complexity index is 1120. The minimum atomic E-state index is -3.80. The molecule has 10 nitrogen and oxygen atoms in total. The first-order valence-electron chi connectivity index (χ1n) is 9.61. The molecule has 1 fully saturated rings. The molecule has 2 aliphatic rings. The molecule has 1 saturated heterocycles. The molecule has 2 unspecified atom stereocenters. The van der Waals surface area contributed by atoms with Crippen molar-refractivity contribution in [2.45, 2.75) is 54.9 Å². The van der Waals surface area contributed by atoms with Crippen LogP contribution in [0.15, 0.2) is 33.0 Å². The van der Waals surface area contributed by atoms with Gasteiger partial charge in [0.05, 0.1) is 23.3 Å². The minimum Gasteiger partial charge on any atom is -0.376 e. The van der Waals surface area contributed by atoms with Gasteiger partial charge in [-0.15, -0.1) is 5.10 Å². The zero-order chi connectivity index (χ0) is 21.5. The van der Waals surface area contributed by atoms with Crippen LogP contribution in [0, 0.1) is 0 Å². The van der Waals surface area contributed by atoms with Gasteiger partial charge < -0.3 is 9.64 Å². The van der Waals surface area contributed by atoms with Crippen LogP contribution in [0.5, 0.6) is 0 Å². The Morgan fingerprint density at radius 1 is 1.43 bits per heavy atom. The van der Waals surface area contributed by atoms with Gasteiger partial charge in [0.15, 0.2) is 5.16 Å². The number of carbonyl (C=O) groups is 1. The van der Waals surface area contributed by atoms with Crippen LogP contribution < -0.4 is 15.7 Å². The van der Waals surface area contributed by atoms with E-state index >= 15 is 0 Å². The zero-order valence-corrected chi connectivity index (χ0v) is 18.0. The van der Waals surface area contributed by atoms with Crippen molar-refractivity contribution in [3.05, 3.63) is 34.2 Å². The van der Waals surface area contributed by atoms with E-state index in [9.17, 15) is 18.0 Å². The average molecular weight is 454 g/mol. The molecule has 0 spiro atoms. The molecule has 1 amide bonds. The van der Waals surface area contributed by atoms with Crippen LogP contribution in [0.2, 0.25) is 0 Å². The van der Waals surface area contributed by atoms with Crippen molar-refractivity contribution in [1.29, 1.82) is 0 Å². The fourth-order valence-electron chi connectivity index (χ4n) is 3.93. The van der Waals surface area contributed by atoms with E-state index in [-0.39, 0.29) is 34.4 Å². The Balaban J connectivity index is 1.47. The maximum atomic E-state index is 12.9. The third-order valence-electron chi connectivity index (χ3n) is 5.32. The lowest BCUT2D eigenvalue weighted by Gasteiger charge is -2.22. The van der Waals surface area contributed by atoms with Crippen molar-refractivity contribution in [3.8, 4) is 0 Å². The van der Waals surface area contributed by atoms with E-state index in [2.05, 4.69) is 10.2 Å². The van der Waals surface area contributed by atoms with Gasteiger partial charge in [-0.1, -0.05) is 11.8 Å². The molecular weight excluding hydrogens is 430 g/mol. The molecule has 2 atom stereocenters. The van der Waals surface area contributed by atoms with Crippen LogP contribution in [0.1, 0.15) is 25.3 Å². The number of carbonyl (C=O) groups excluding carboxylic acids is 1. The fourth-order valence-corrected chi connectivity index (χ4v) is 5.31. The highest BCUT2D eigenvalue weighted by molar-refractivity contribution is 7.99. The normalized spacial score (nSPS) is 21.2. The Kier molecular flexibility index (Phi) is 5.75. The summed E-state index contributed by atoms with van der Waals surface area (Å²) < 4.78 is 30.3. The number of ether oxygens (including phenoxy) is 1. The Morgan fingerprint density at radius 3 is 2.93 bits per heavy atom. The summed E-state index contributed by atoms with van der Waals surface area (Å²) in [6, 6.07) is 4.43. The van der Waals surface area contributed by atoms with Gasteiger partial charge in [-0.3, -0.25) is 9.36 Å². The summed E-state index contributed by atoms with van der Waals surface area (Å²) in [6.07, 6.45) is 2.39. The minimum absolute atomic E-state index is 0.0196. The first-order chi connectivity index (χ1) is 14.2. The lowest BCUT2D eigenvalue weighted by Crippen LogP contribution is -2.37. The predicted molar refractivity (Wildman–Crippen MR) is 111 cm³/mol. The van der Waals surface area contributed by atoms with Crippen molar-refractivity contribution < 1.29 is 17.9 Å². The molecular formula is C18H23N5O5S2. The molecule has 162 valence electrons. The van der Waals surface area contributed by atoms with E-state index in [1.54, 1.807) is 11.0 Å². The smallest absolute Gasteiger partial charge is 0.344 e. The molecule has 1 aromatic carbocycles. The fraction of sp³-hybridized carbons (Fsp3) is 0.500. The number of benzene rings is 1. The largest absolute Gasteiger partial charge is 0.376 e. The number of anilines is 1. The van der Waals surface area contributed by atoms with Crippen LogP contribution in [0.4, 0.5) is 5.69 Å². The van der Waals surface area contributed by atoms with Gasteiger partial charge >= 0.3 is 5.69 Å². The van der Waals surface area contributed by atoms with E-state index in [4.69, 9.17) is 9.88 Å². The summed E-state index contributed by atoms with van der Waals surface area (Å²) in [7, 11) is -3.80. The monoisotopic (exact) mass is 453 g/mol. The van der Waals surface area contributed by atoms with Crippen LogP contribution in [0.3, 0.4) is 0 Å². The number of hydrogen-bond acceptors (Lipinski definition) is 7. The van der Waals surface area contributed by atoms with Crippen LogP contribution >= 0.6 is 11.8 Å². The summed E-state index contributed by atoms with van der Waals surface area (Å²) >= 11 is 1.19. The number of nitrogens with one attached hydrogen (secondary N) is 1. The lowest BCUT2D eigenvalue weighted by atomic mass is 10.1. The van der Waals surface area contributed by atoms with Crippen molar-refractivity contribution >= 4 is 33.4 Å². The molecule has 0 radical (unpaired) electrons. The number of aromatic nitrogens is 3. The molecule has 2 aliphatic heterocycles. The Morgan fingerprint density at radius 2 is 2.23 bits per heavy atom. The molecule has 0 aliphatic carbocycles. The number of nitrogens with zero attached hydrogens (tertiary/aromatic N) is 3. The van der Waals surface area contributed by atoms with Crippen molar-refractivity contribution in [2.75, 3.05) is 17.3 Å². The maximum absolute atomic E-state index is 12.9. The van der Waals surface area contributed by atoms with Gasteiger partial charge in [0.1, 0.15) is 0 Å². The topological polar surface area (TPSA) is 140 Å². The molecule has 0 bridgehead atoms. The van der Waals surface area contributed by atoms with E-state index in [0.717, 1.165) is 18.4 Å². The average Bonchev–Trinajstić information content (AvgIpc) is 3.39. The molecule has 3 heterocycles. The van der Waals surface area contributed by atoms with E-state index < -0.39 is 10.0 Å².